The molecular formula is C13H8BrF5N4O2. The Morgan fingerprint density at radius 3 is 2.56 bits per heavy atom. The van der Waals surface area contributed by atoms with Crippen LogP contribution in [0.3, 0.4) is 0 Å². The third-order valence-electron chi connectivity index (χ3n) is 3.35. The summed E-state index contributed by atoms with van der Waals surface area (Å²) in [7, 11) is 0. The molecule has 0 saturated heterocycles. The van der Waals surface area contributed by atoms with Crippen LogP contribution < -0.4 is 9.64 Å². The van der Waals surface area contributed by atoms with Crippen LogP contribution in [0.25, 0.3) is 0 Å². The number of rotatable bonds is 3. The minimum Gasteiger partial charge on any atom is -0.433 e. The Kier molecular flexibility index (Phi) is 4.39. The molecular weight excluding hydrogens is 419 g/mol. The number of hydrogen-bond donors (Lipinski definition) is 0. The van der Waals surface area contributed by atoms with E-state index in [-0.39, 0.29) is 34.8 Å². The minimum atomic E-state index is -4.66. The van der Waals surface area contributed by atoms with Gasteiger partial charge in [-0.2, -0.15) is 27.1 Å². The zero-order chi connectivity index (χ0) is 18.4. The molecule has 6 nitrogen and oxygen atoms in total. The molecule has 3 heterocycles. The van der Waals surface area contributed by atoms with E-state index >= 15 is 0 Å². The van der Waals surface area contributed by atoms with Gasteiger partial charge in [0.1, 0.15) is 17.3 Å². The highest BCUT2D eigenvalue weighted by Gasteiger charge is 2.38. The highest BCUT2D eigenvalue weighted by molar-refractivity contribution is 9.10. The second-order valence-electron chi connectivity index (χ2n) is 4.95. The average Bonchev–Trinajstić information content (AvgIpc) is 2.93. The first-order valence-corrected chi connectivity index (χ1v) is 7.53. The number of anilines is 1. The fourth-order valence-corrected chi connectivity index (χ4v) is 2.86. The molecule has 25 heavy (non-hydrogen) atoms. The number of carbonyl (C=O) groups is 1. The SMILES string of the molecule is O=C1c2cc(C(F)(F)F)nn2CCN1c1ncc(OC(F)F)cc1Br. The summed E-state index contributed by atoms with van der Waals surface area (Å²) in [6.07, 6.45) is -3.67. The molecule has 0 radical (unpaired) electrons. The molecule has 0 unspecified atom stereocenters. The van der Waals surface area contributed by atoms with Crippen LogP contribution in [0.1, 0.15) is 16.2 Å². The molecule has 3 rings (SSSR count). The van der Waals surface area contributed by atoms with Gasteiger partial charge in [-0.1, -0.05) is 0 Å². The third-order valence-corrected chi connectivity index (χ3v) is 3.93. The normalized spacial score (nSPS) is 14.8. The Labute approximate surface area is 145 Å². The lowest BCUT2D eigenvalue weighted by Crippen LogP contribution is -2.41. The zero-order valence-corrected chi connectivity index (χ0v) is 13.7. The van der Waals surface area contributed by atoms with Gasteiger partial charge in [0.25, 0.3) is 5.91 Å². The highest BCUT2D eigenvalue weighted by Crippen LogP contribution is 2.33. The van der Waals surface area contributed by atoms with Gasteiger partial charge in [0.05, 0.1) is 17.2 Å². The number of ether oxygens (including phenoxy) is 1. The molecule has 0 atom stereocenters. The Morgan fingerprint density at radius 1 is 1.24 bits per heavy atom. The van der Waals surface area contributed by atoms with Crippen LogP contribution in [0.2, 0.25) is 0 Å². The van der Waals surface area contributed by atoms with Gasteiger partial charge in [0, 0.05) is 12.6 Å². The standard InChI is InChI=1S/C13H8BrF5N4O2/c14-7-3-6(25-12(15)16)5-20-10(7)22-1-2-23-8(11(22)24)4-9(21-23)13(17,18)19/h3-5,12H,1-2H2. The first-order valence-electron chi connectivity index (χ1n) is 6.74. The van der Waals surface area contributed by atoms with Crippen LogP contribution in [0, 0.1) is 0 Å². The second-order valence-corrected chi connectivity index (χ2v) is 5.80. The maximum absolute atomic E-state index is 12.7. The summed E-state index contributed by atoms with van der Waals surface area (Å²) in [5.41, 5.74) is -1.40. The van der Waals surface area contributed by atoms with Gasteiger partial charge < -0.3 is 4.74 Å². The largest absolute Gasteiger partial charge is 0.435 e. The van der Waals surface area contributed by atoms with E-state index in [1.807, 2.05) is 0 Å². The Balaban J connectivity index is 1.90. The number of amides is 1. The van der Waals surface area contributed by atoms with E-state index < -0.39 is 24.4 Å². The maximum Gasteiger partial charge on any atom is 0.435 e. The van der Waals surface area contributed by atoms with Crippen LogP contribution in [-0.4, -0.2) is 33.8 Å². The maximum atomic E-state index is 12.7. The number of carbonyl (C=O) groups excluding carboxylic acids is 1. The molecule has 1 aliphatic heterocycles. The van der Waals surface area contributed by atoms with Crippen molar-refractivity contribution in [2.75, 3.05) is 11.4 Å². The first-order chi connectivity index (χ1) is 11.7. The molecule has 1 amide bonds. The van der Waals surface area contributed by atoms with E-state index in [4.69, 9.17) is 0 Å². The summed E-state index contributed by atoms with van der Waals surface area (Å²) >= 11 is 3.09. The molecule has 1 aliphatic rings. The van der Waals surface area contributed by atoms with E-state index in [9.17, 15) is 26.7 Å². The number of pyridine rings is 1. The van der Waals surface area contributed by atoms with Crippen LogP contribution in [0.15, 0.2) is 22.8 Å². The number of aromatic nitrogens is 3. The van der Waals surface area contributed by atoms with E-state index in [2.05, 4.69) is 30.7 Å². The Bertz CT molecular complexity index is 823. The quantitative estimate of drug-likeness (QED) is 0.706. The van der Waals surface area contributed by atoms with Crippen LogP contribution >= 0.6 is 15.9 Å². The summed E-state index contributed by atoms with van der Waals surface area (Å²) in [6, 6.07) is 1.85. The molecule has 2 aromatic heterocycles. The first kappa shape index (κ1) is 17.6. The van der Waals surface area contributed by atoms with Crippen molar-refractivity contribution in [1.82, 2.24) is 14.8 Å². The van der Waals surface area contributed by atoms with Crippen LogP contribution in [-0.2, 0) is 12.7 Å². The van der Waals surface area contributed by atoms with Gasteiger partial charge in [-0.15, -0.1) is 0 Å². The van der Waals surface area contributed by atoms with Crippen molar-refractivity contribution in [2.45, 2.75) is 19.3 Å². The molecule has 0 aromatic carbocycles. The minimum absolute atomic E-state index is 0.0193. The summed E-state index contributed by atoms with van der Waals surface area (Å²) in [5.74, 6) is -0.878. The molecule has 12 heteroatoms. The molecule has 0 bridgehead atoms. The molecule has 0 spiro atoms. The van der Waals surface area contributed by atoms with E-state index in [0.717, 1.165) is 15.8 Å². The molecule has 0 aliphatic carbocycles. The third kappa shape index (κ3) is 3.43. The Morgan fingerprint density at radius 2 is 1.96 bits per heavy atom. The Hall–Kier alpha value is -2.24. The molecule has 0 fully saturated rings. The van der Waals surface area contributed by atoms with Crippen LogP contribution in [0.4, 0.5) is 27.8 Å². The summed E-state index contributed by atoms with van der Waals surface area (Å²) < 4.78 is 68.0. The monoisotopic (exact) mass is 426 g/mol. The van der Waals surface area contributed by atoms with Crippen molar-refractivity contribution in [1.29, 1.82) is 0 Å². The van der Waals surface area contributed by atoms with Crippen molar-refractivity contribution in [2.24, 2.45) is 0 Å². The molecule has 2 aromatic rings. The fraction of sp³-hybridized carbons (Fsp3) is 0.308. The van der Waals surface area contributed by atoms with Gasteiger partial charge in [-0.05, 0) is 22.0 Å². The molecule has 0 saturated carbocycles. The smallest absolute Gasteiger partial charge is 0.433 e. The van der Waals surface area contributed by atoms with Gasteiger partial charge in [0.15, 0.2) is 5.69 Å². The number of fused-ring (bicyclic) bond motifs is 1. The number of hydrogen-bond acceptors (Lipinski definition) is 4. The van der Waals surface area contributed by atoms with Gasteiger partial charge >= 0.3 is 12.8 Å². The van der Waals surface area contributed by atoms with Crippen molar-refractivity contribution in [3.8, 4) is 5.75 Å². The van der Waals surface area contributed by atoms with Crippen molar-refractivity contribution >= 4 is 27.7 Å². The molecule has 134 valence electrons. The van der Waals surface area contributed by atoms with Gasteiger partial charge in [-0.25, -0.2) is 4.98 Å². The van der Waals surface area contributed by atoms with Crippen molar-refractivity contribution in [3.63, 3.8) is 0 Å². The van der Waals surface area contributed by atoms with E-state index in [0.29, 0.717) is 6.07 Å². The summed E-state index contributed by atoms with van der Waals surface area (Å²) in [5, 5.41) is 3.38. The van der Waals surface area contributed by atoms with Gasteiger partial charge in [0.2, 0.25) is 0 Å². The van der Waals surface area contributed by atoms with Crippen molar-refractivity contribution < 1.29 is 31.5 Å². The lowest BCUT2D eigenvalue weighted by Gasteiger charge is -2.27. The predicted molar refractivity (Wildman–Crippen MR) is 77.5 cm³/mol. The topological polar surface area (TPSA) is 60.2 Å². The predicted octanol–water partition coefficient (Wildman–Crippen LogP) is 3.32. The van der Waals surface area contributed by atoms with Gasteiger partial charge in [-0.3, -0.25) is 14.4 Å². The van der Waals surface area contributed by atoms with Crippen molar-refractivity contribution in [3.05, 3.63) is 34.2 Å². The van der Waals surface area contributed by atoms with Crippen LogP contribution in [0.5, 0.6) is 5.75 Å². The van der Waals surface area contributed by atoms with E-state index in [1.54, 1.807) is 0 Å². The second kappa shape index (κ2) is 6.24. The molecule has 0 N–H and O–H groups in total. The lowest BCUT2D eigenvalue weighted by molar-refractivity contribution is -0.141. The fourth-order valence-electron chi connectivity index (χ4n) is 2.31. The zero-order valence-electron chi connectivity index (χ0n) is 12.1. The average molecular weight is 427 g/mol. The summed E-state index contributed by atoms with van der Waals surface area (Å²) in [6.45, 7) is -2.99. The number of halogens is 6. The number of alkyl halides is 5. The van der Waals surface area contributed by atoms with E-state index in [1.165, 1.54) is 6.07 Å². The lowest BCUT2D eigenvalue weighted by atomic mass is 10.2. The highest BCUT2D eigenvalue weighted by atomic mass is 79.9. The summed E-state index contributed by atoms with van der Waals surface area (Å²) in [4.78, 5) is 17.5. The number of nitrogens with zero attached hydrogens (tertiary/aromatic N) is 4.